The van der Waals surface area contributed by atoms with E-state index in [1.807, 2.05) is 0 Å². The van der Waals surface area contributed by atoms with E-state index in [0.29, 0.717) is 11.3 Å². The summed E-state index contributed by atoms with van der Waals surface area (Å²) < 4.78 is 0. The van der Waals surface area contributed by atoms with E-state index >= 15 is 0 Å². The van der Waals surface area contributed by atoms with Gasteiger partial charge in [0.25, 0.3) is 5.91 Å². The molecule has 1 aromatic rings. The molecule has 1 N–H and O–H groups in total. The quantitative estimate of drug-likeness (QED) is 0.783. The number of hydrogen-bond donors (Lipinski definition) is 1. The Bertz CT molecular complexity index is 511. The number of piperazine rings is 1. The molecule has 18 heavy (non-hydrogen) atoms. The summed E-state index contributed by atoms with van der Waals surface area (Å²) >= 11 is 1.26. The zero-order valence-electron chi connectivity index (χ0n) is 10.1. The number of carbonyl (C=O) groups excluding carboxylic acids is 3. The number of aromatic nitrogens is 1. The number of nitrogens with one attached hydrogen (secondary N) is 1. The van der Waals surface area contributed by atoms with E-state index in [0.717, 1.165) is 5.01 Å². The van der Waals surface area contributed by atoms with Crippen LogP contribution in [0.3, 0.4) is 0 Å². The van der Waals surface area contributed by atoms with E-state index in [4.69, 9.17) is 0 Å². The summed E-state index contributed by atoms with van der Waals surface area (Å²) in [5.74, 6) is -1.17. The number of imide groups is 1. The largest absolute Gasteiger partial charge is 0.317 e. The average molecular weight is 267 g/mol. The van der Waals surface area contributed by atoms with Crippen molar-refractivity contribution < 1.29 is 14.4 Å². The fourth-order valence-electron chi connectivity index (χ4n) is 1.89. The van der Waals surface area contributed by atoms with Gasteiger partial charge < -0.3 is 4.90 Å². The highest BCUT2D eigenvalue weighted by molar-refractivity contribution is 7.13. The normalized spacial score (nSPS) is 19.9. The molecular formula is C11H13N3O3S. The van der Waals surface area contributed by atoms with Crippen molar-refractivity contribution in [3.8, 4) is 0 Å². The summed E-state index contributed by atoms with van der Waals surface area (Å²) in [6.07, 6.45) is 1.95. The molecular weight excluding hydrogens is 254 g/mol. The smallest absolute Gasteiger partial charge is 0.266 e. The molecule has 1 atom stereocenters. The maximum absolute atomic E-state index is 12.2. The van der Waals surface area contributed by atoms with Gasteiger partial charge in [-0.2, -0.15) is 0 Å². The molecule has 0 aromatic carbocycles. The van der Waals surface area contributed by atoms with Crippen molar-refractivity contribution >= 4 is 29.1 Å². The standard InChI is InChI=1S/C11H13N3O3S/c1-3-7-10(16)13-9(15)5-14(7)11(17)8-4-12-6(2)18-8/h4,7H,3,5H2,1-2H3,(H,13,15,16). The SMILES string of the molecule is CCC1C(=O)NC(=O)CN1C(=O)c1cnc(C)s1. The first-order valence-electron chi connectivity index (χ1n) is 5.60. The second-order valence-corrected chi connectivity index (χ2v) is 5.25. The van der Waals surface area contributed by atoms with E-state index < -0.39 is 17.9 Å². The highest BCUT2D eigenvalue weighted by Gasteiger charge is 2.36. The molecule has 3 amide bonds. The van der Waals surface area contributed by atoms with Crippen LogP contribution in [0, 0.1) is 6.92 Å². The van der Waals surface area contributed by atoms with Crippen molar-refractivity contribution in [2.45, 2.75) is 26.3 Å². The van der Waals surface area contributed by atoms with Gasteiger partial charge in [0.1, 0.15) is 17.5 Å². The van der Waals surface area contributed by atoms with Crippen molar-refractivity contribution in [2.75, 3.05) is 6.54 Å². The van der Waals surface area contributed by atoms with Crippen molar-refractivity contribution in [2.24, 2.45) is 0 Å². The Morgan fingerprint density at radius 2 is 2.33 bits per heavy atom. The van der Waals surface area contributed by atoms with Crippen molar-refractivity contribution in [1.82, 2.24) is 15.2 Å². The van der Waals surface area contributed by atoms with E-state index in [2.05, 4.69) is 10.3 Å². The Labute approximate surface area is 108 Å². The average Bonchev–Trinajstić information content (AvgIpc) is 2.74. The number of amides is 3. The fourth-order valence-corrected chi connectivity index (χ4v) is 2.62. The van der Waals surface area contributed by atoms with Crippen molar-refractivity contribution in [3.63, 3.8) is 0 Å². The third kappa shape index (κ3) is 2.26. The lowest BCUT2D eigenvalue weighted by Crippen LogP contribution is -2.59. The van der Waals surface area contributed by atoms with Gasteiger partial charge in [0.05, 0.1) is 11.2 Å². The minimum absolute atomic E-state index is 0.0833. The van der Waals surface area contributed by atoms with Crippen LogP contribution in [0.5, 0.6) is 0 Å². The van der Waals surface area contributed by atoms with Crippen LogP contribution >= 0.6 is 11.3 Å². The van der Waals surface area contributed by atoms with Gasteiger partial charge in [0.2, 0.25) is 11.8 Å². The molecule has 96 valence electrons. The van der Waals surface area contributed by atoms with Crippen LogP contribution in [0.1, 0.15) is 28.0 Å². The third-order valence-electron chi connectivity index (χ3n) is 2.74. The highest BCUT2D eigenvalue weighted by atomic mass is 32.1. The third-order valence-corrected chi connectivity index (χ3v) is 3.64. The van der Waals surface area contributed by atoms with Crippen LogP contribution < -0.4 is 5.32 Å². The zero-order valence-corrected chi connectivity index (χ0v) is 10.9. The first kappa shape index (κ1) is 12.7. The summed E-state index contributed by atoms with van der Waals surface area (Å²) in [7, 11) is 0. The second-order valence-electron chi connectivity index (χ2n) is 4.01. The maximum atomic E-state index is 12.2. The van der Waals surface area contributed by atoms with E-state index in [9.17, 15) is 14.4 Å². The lowest BCUT2D eigenvalue weighted by molar-refractivity contribution is -0.138. The summed E-state index contributed by atoms with van der Waals surface area (Å²) in [5, 5.41) is 3.01. The predicted molar refractivity (Wildman–Crippen MR) is 65.1 cm³/mol. The van der Waals surface area contributed by atoms with Gasteiger partial charge in [-0.05, 0) is 13.3 Å². The lowest BCUT2D eigenvalue weighted by atomic mass is 10.1. The van der Waals surface area contributed by atoms with E-state index in [1.165, 1.54) is 22.4 Å². The van der Waals surface area contributed by atoms with Crippen LogP contribution in [0.25, 0.3) is 0 Å². The minimum Gasteiger partial charge on any atom is -0.317 e. The van der Waals surface area contributed by atoms with E-state index in [1.54, 1.807) is 13.8 Å². The maximum Gasteiger partial charge on any atom is 0.266 e. The Morgan fingerprint density at radius 1 is 1.61 bits per heavy atom. The Morgan fingerprint density at radius 3 is 2.89 bits per heavy atom. The van der Waals surface area contributed by atoms with Crippen LogP contribution in [-0.4, -0.2) is 40.2 Å². The molecule has 2 heterocycles. The molecule has 1 aliphatic rings. The van der Waals surface area contributed by atoms with Gasteiger partial charge in [-0.3, -0.25) is 19.7 Å². The minimum atomic E-state index is -0.586. The summed E-state index contributed by atoms with van der Waals surface area (Å²) in [6, 6.07) is -0.586. The molecule has 0 spiro atoms. The summed E-state index contributed by atoms with van der Waals surface area (Å²) in [4.78, 5) is 41.0. The Kier molecular flexibility index (Phi) is 3.42. The second kappa shape index (κ2) is 4.85. The van der Waals surface area contributed by atoms with Gasteiger partial charge >= 0.3 is 0 Å². The Balaban J connectivity index is 2.26. The van der Waals surface area contributed by atoms with Crippen LogP contribution in [0.4, 0.5) is 0 Å². The molecule has 0 bridgehead atoms. The molecule has 0 radical (unpaired) electrons. The molecule has 1 unspecified atom stereocenters. The number of hydrogen-bond acceptors (Lipinski definition) is 5. The fraction of sp³-hybridized carbons (Fsp3) is 0.455. The van der Waals surface area contributed by atoms with Crippen LogP contribution in [-0.2, 0) is 9.59 Å². The van der Waals surface area contributed by atoms with E-state index in [-0.39, 0.29) is 12.5 Å². The van der Waals surface area contributed by atoms with Crippen LogP contribution in [0.2, 0.25) is 0 Å². The molecule has 0 aliphatic carbocycles. The number of carbonyl (C=O) groups is 3. The van der Waals surface area contributed by atoms with Gasteiger partial charge in [0, 0.05) is 0 Å². The number of nitrogens with zero attached hydrogens (tertiary/aromatic N) is 2. The molecule has 1 fully saturated rings. The first-order chi connectivity index (χ1) is 8.52. The predicted octanol–water partition coefficient (Wildman–Crippen LogP) is 0.329. The number of aryl methyl sites for hydroxylation is 1. The lowest BCUT2D eigenvalue weighted by Gasteiger charge is -2.32. The molecule has 1 aliphatic heterocycles. The number of thiazole rings is 1. The summed E-state index contributed by atoms with van der Waals surface area (Å²) in [5.41, 5.74) is 0. The topological polar surface area (TPSA) is 79.4 Å². The molecule has 1 aromatic heterocycles. The number of rotatable bonds is 2. The van der Waals surface area contributed by atoms with Gasteiger partial charge in [-0.1, -0.05) is 6.92 Å². The Hall–Kier alpha value is -1.76. The first-order valence-corrected chi connectivity index (χ1v) is 6.41. The van der Waals surface area contributed by atoms with Crippen LogP contribution in [0.15, 0.2) is 6.20 Å². The molecule has 2 rings (SSSR count). The highest BCUT2D eigenvalue weighted by Crippen LogP contribution is 2.18. The molecule has 6 nitrogen and oxygen atoms in total. The van der Waals surface area contributed by atoms with Gasteiger partial charge in [-0.15, -0.1) is 11.3 Å². The molecule has 1 saturated heterocycles. The molecule has 7 heteroatoms. The van der Waals surface area contributed by atoms with Gasteiger partial charge in [-0.25, -0.2) is 4.98 Å². The van der Waals surface area contributed by atoms with Crippen molar-refractivity contribution in [1.29, 1.82) is 0 Å². The van der Waals surface area contributed by atoms with Gasteiger partial charge in [0.15, 0.2) is 0 Å². The zero-order chi connectivity index (χ0) is 13.3. The molecule has 0 saturated carbocycles. The summed E-state index contributed by atoms with van der Waals surface area (Å²) in [6.45, 7) is 3.52. The monoisotopic (exact) mass is 267 g/mol. The van der Waals surface area contributed by atoms with Crippen molar-refractivity contribution in [3.05, 3.63) is 16.1 Å².